The molecule has 2 aromatic rings. The summed E-state index contributed by atoms with van der Waals surface area (Å²) in [5, 5.41) is 0.714. The highest BCUT2D eigenvalue weighted by Crippen LogP contribution is 2.16. The molecule has 2 nitrogen and oxygen atoms in total. The Bertz CT molecular complexity index is 544. The normalized spacial score (nSPS) is 10.2. The zero-order chi connectivity index (χ0) is 13.7. The summed E-state index contributed by atoms with van der Waals surface area (Å²) in [7, 11) is 0. The molecule has 0 saturated carbocycles. The van der Waals surface area contributed by atoms with Crippen molar-refractivity contribution in [1.29, 1.82) is 0 Å². The van der Waals surface area contributed by atoms with Crippen LogP contribution in [0, 0.1) is 0 Å². The summed E-state index contributed by atoms with van der Waals surface area (Å²) in [6.45, 7) is 2.34. The van der Waals surface area contributed by atoms with Gasteiger partial charge in [0.2, 0.25) is 0 Å². The second-order valence-electron chi connectivity index (χ2n) is 4.22. The van der Waals surface area contributed by atoms with Crippen LogP contribution in [0.1, 0.15) is 29.3 Å². The quantitative estimate of drug-likeness (QED) is 0.750. The smallest absolute Gasteiger partial charge is 0.162 e. The molecule has 0 amide bonds. The van der Waals surface area contributed by atoms with E-state index in [0.29, 0.717) is 18.1 Å². The van der Waals surface area contributed by atoms with Crippen LogP contribution in [0.4, 0.5) is 0 Å². The summed E-state index contributed by atoms with van der Waals surface area (Å²) in [4.78, 5) is 11.5. The zero-order valence-corrected chi connectivity index (χ0v) is 11.5. The molecule has 2 aromatic carbocycles. The minimum atomic E-state index is 0.143. The number of ether oxygens (including phenoxy) is 1. The van der Waals surface area contributed by atoms with Crippen LogP contribution in [0.2, 0.25) is 5.02 Å². The first-order chi connectivity index (χ1) is 9.19. The second-order valence-corrected chi connectivity index (χ2v) is 4.65. The van der Waals surface area contributed by atoms with Gasteiger partial charge in [-0.05, 0) is 42.0 Å². The molecule has 0 saturated heterocycles. The Kier molecular flexibility index (Phi) is 4.58. The number of rotatable bonds is 5. The number of hydrogen-bond donors (Lipinski definition) is 0. The molecule has 3 heteroatoms. The van der Waals surface area contributed by atoms with E-state index in [4.69, 9.17) is 16.3 Å². The molecule has 2 rings (SSSR count). The van der Waals surface area contributed by atoms with E-state index in [1.54, 1.807) is 12.1 Å². The van der Waals surface area contributed by atoms with Gasteiger partial charge in [-0.3, -0.25) is 4.79 Å². The molecule has 0 atom stereocenters. The third-order valence-electron chi connectivity index (χ3n) is 2.82. The number of carbonyl (C=O) groups excluding carboxylic acids is 1. The largest absolute Gasteiger partial charge is 0.489 e. The van der Waals surface area contributed by atoms with E-state index in [9.17, 15) is 4.79 Å². The number of ketones is 1. The van der Waals surface area contributed by atoms with Crippen LogP contribution < -0.4 is 4.74 Å². The fourth-order valence-electron chi connectivity index (χ4n) is 1.69. The summed E-state index contributed by atoms with van der Waals surface area (Å²) in [5.41, 5.74) is 1.78. The van der Waals surface area contributed by atoms with Gasteiger partial charge in [0.25, 0.3) is 0 Å². The highest BCUT2D eigenvalue weighted by Gasteiger charge is 2.03. The number of halogens is 1. The molecule has 0 heterocycles. The number of benzene rings is 2. The molecule has 0 aliphatic carbocycles. The Hall–Kier alpha value is -1.80. The Morgan fingerprint density at radius 3 is 2.26 bits per heavy atom. The third-order valence-corrected chi connectivity index (χ3v) is 3.07. The van der Waals surface area contributed by atoms with Crippen LogP contribution in [-0.4, -0.2) is 5.78 Å². The first kappa shape index (κ1) is 13.6. The third kappa shape index (κ3) is 3.83. The van der Waals surface area contributed by atoms with E-state index >= 15 is 0 Å². The molecule has 0 unspecified atom stereocenters. The Morgan fingerprint density at radius 1 is 1.05 bits per heavy atom. The van der Waals surface area contributed by atoms with Crippen molar-refractivity contribution in [2.45, 2.75) is 20.0 Å². The summed E-state index contributed by atoms with van der Waals surface area (Å²) >= 11 is 5.82. The van der Waals surface area contributed by atoms with Gasteiger partial charge >= 0.3 is 0 Å². The second kappa shape index (κ2) is 6.39. The predicted molar refractivity (Wildman–Crippen MR) is 76.8 cm³/mol. The van der Waals surface area contributed by atoms with E-state index in [1.807, 2.05) is 43.3 Å². The lowest BCUT2D eigenvalue weighted by molar-refractivity contribution is 0.0988. The molecule has 0 aliphatic heterocycles. The minimum absolute atomic E-state index is 0.143. The van der Waals surface area contributed by atoms with Gasteiger partial charge < -0.3 is 4.74 Å². The molecule has 0 N–H and O–H groups in total. The first-order valence-electron chi connectivity index (χ1n) is 6.19. The molecule has 0 spiro atoms. The van der Waals surface area contributed by atoms with Crippen LogP contribution in [0.15, 0.2) is 48.5 Å². The number of Topliss-reactive ketones (excluding diaryl/α,β-unsaturated/α-hetero) is 1. The van der Waals surface area contributed by atoms with Gasteiger partial charge in [-0.15, -0.1) is 0 Å². The maximum absolute atomic E-state index is 11.5. The highest BCUT2D eigenvalue weighted by molar-refractivity contribution is 6.30. The summed E-state index contributed by atoms with van der Waals surface area (Å²) in [5.74, 6) is 0.895. The lowest BCUT2D eigenvalue weighted by Gasteiger charge is -2.07. The van der Waals surface area contributed by atoms with Crippen molar-refractivity contribution in [3.63, 3.8) is 0 Å². The minimum Gasteiger partial charge on any atom is -0.489 e. The van der Waals surface area contributed by atoms with E-state index in [0.717, 1.165) is 16.9 Å². The Morgan fingerprint density at radius 2 is 1.68 bits per heavy atom. The predicted octanol–water partition coefficient (Wildman–Crippen LogP) is 4.51. The SMILES string of the molecule is CCC(=O)c1ccc(OCc2ccc(Cl)cc2)cc1. The van der Waals surface area contributed by atoms with Gasteiger partial charge in [0.15, 0.2) is 5.78 Å². The van der Waals surface area contributed by atoms with Crippen molar-refractivity contribution in [2.24, 2.45) is 0 Å². The fourth-order valence-corrected chi connectivity index (χ4v) is 1.81. The van der Waals surface area contributed by atoms with Crippen molar-refractivity contribution < 1.29 is 9.53 Å². The lowest BCUT2D eigenvalue weighted by Crippen LogP contribution is -1.98. The maximum atomic E-state index is 11.5. The molecule has 0 aliphatic rings. The number of hydrogen-bond acceptors (Lipinski definition) is 2. The molecule has 0 bridgehead atoms. The summed E-state index contributed by atoms with van der Waals surface area (Å²) < 4.78 is 5.65. The van der Waals surface area contributed by atoms with E-state index in [2.05, 4.69) is 0 Å². The topological polar surface area (TPSA) is 26.3 Å². The Labute approximate surface area is 118 Å². The van der Waals surface area contributed by atoms with Crippen LogP contribution >= 0.6 is 11.6 Å². The van der Waals surface area contributed by atoms with Gasteiger partial charge in [-0.2, -0.15) is 0 Å². The highest BCUT2D eigenvalue weighted by atomic mass is 35.5. The number of carbonyl (C=O) groups is 1. The van der Waals surface area contributed by atoms with E-state index in [-0.39, 0.29) is 5.78 Å². The molecular weight excluding hydrogens is 260 g/mol. The van der Waals surface area contributed by atoms with Crippen LogP contribution in [0.3, 0.4) is 0 Å². The molecule has 0 fully saturated rings. The van der Waals surface area contributed by atoms with E-state index < -0.39 is 0 Å². The summed E-state index contributed by atoms with van der Waals surface area (Å²) in [6, 6.07) is 14.8. The summed E-state index contributed by atoms with van der Waals surface area (Å²) in [6.07, 6.45) is 0.519. The molecular formula is C16H15ClO2. The standard InChI is InChI=1S/C16H15ClO2/c1-2-16(18)13-5-9-15(10-6-13)19-11-12-3-7-14(17)8-4-12/h3-10H,2,11H2,1H3. The van der Waals surface area contributed by atoms with Gasteiger partial charge in [0, 0.05) is 17.0 Å². The monoisotopic (exact) mass is 274 g/mol. The zero-order valence-electron chi connectivity index (χ0n) is 10.7. The van der Waals surface area contributed by atoms with Crippen molar-refractivity contribution in [2.75, 3.05) is 0 Å². The lowest BCUT2D eigenvalue weighted by atomic mass is 10.1. The fraction of sp³-hybridized carbons (Fsp3) is 0.188. The average molecular weight is 275 g/mol. The van der Waals surface area contributed by atoms with Gasteiger partial charge in [-0.1, -0.05) is 30.7 Å². The van der Waals surface area contributed by atoms with Crippen LogP contribution in [0.25, 0.3) is 0 Å². The van der Waals surface area contributed by atoms with Gasteiger partial charge in [0.05, 0.1) is 0 Å². The van der Waals surface area contributed by atoms with Crippen molar-refractivity contribution in [3.8, 4) is 5.75 Å². The first-order valence-corrected chi connectivity index (χ1v) is 6.57. The van der Waals surface area contributed by atoms with Gasteiger partial charge in [0.1, 0.15) is 12.4 Å². The van der Waals surface area contributed by atoms with Crippen molar-refractivity contribution in [1.82, 2.24) is 0 Å². The van der Waals surface area contributed by atoms with Crippen molar-refractivity contribution >= 4 is 17.4 Å². The molecule has 19 heavy (non-hydrogen) atoms. The molecule has 0 radical (unpaired) electrons. The Balaban J connectivity index is 1.96. The van der Waals surface area contributed by atoms with Crippen LogP contribution in [0.5, 0.6) is 5.75 Å². The average Bonchev–Trinajstić information content (AvgIpc) is 2.46. The van der Waals surface area contributed by atoms with Crippen LogP contribution in [-0.2, 0) is 6.61 Å². The van der Waals surface area contributed by atoms with E-state index in [1.165, 1.54) is 0 Å². The molecule has 98 valence electrons. The maximum Gasteiger partial charge on any atom is 0.162 e. The molecule has 0 aromatic heterocycles. The van der Waals surface area contributed by atoms with Gasteiger partial charge in [-0.25, -0.2) is 0 Å². The van der Waals surface area contributed by atoms with Crippen molar-refractivity contribution in [3.05, 3.63) is 64.7 Å².